The van der Waals surface area contributed by atoms with Gasteiger partial charge in [-0.25, -0.2) is 4.85 Å². The molecule has 0 saturated heterocycles. The van der Waals surface area contributed by atoms with Crippen molar-refractivity contribution >= 4 is 49.3 Å². The first-order chi connectivity index (χ1) is 27.2. The molecule has 2 aromatic heterocycles. The van der Waals surface area contributed by atoms with Crippen molar-refractivity contribution in [2.75, 3.05) is 0 Å². The van der Waals surface area contributed by atoms with Crippen molar-refractivity contribution in [3.05, 3.63) is 210 Å². The summed E-state index contributed by atoms with van der Waals surface area (Å²) in [5, 5.41) is 15.1. The molecule has 0 N–H and O–H groups in total. The van der Waals surface area contributed by atoms with Crippen molar-refractivity contribution in [1.82, 2.24) is 9.13 Å². The third kappa shape index (κ3) is 4.56. The fraction of sp³-hybridized carbons (Fsp3) is 0.0196. The second kappa shape index (κ2) is 11.9. The second-order valence-electron chi connectivity index (χ2n) is 14.3. The molecule has 0 spiro atoms. The summed E-state index contributed by atoms with van der Waals surface area (Å²) in [4.78, 5) is 3.70. The van der Waals surface area contributed by atoms with E-state index in [0.717, 1.165) is 55.8 Å². The van der Waals surface area contributed by atoms with E-state index in [2.05, 4.69) is 172 Å². The van der Waals surface area contributed by atoms with Gasteiger partial charge in [-0.15, -0.1) is 0 Å². The normalized spacial score (nSPS) is 13.2. The second-order valence-corrected chi connectivity index (χ2v) is 14.3. The van der Waals surface area contributed by atoms with Crippen LogP contribution in [0.25, 0.3) is 82.1 Å². The van der Waals surface area contributed by atoms with Gasteiger partial charge in [-0.05, 0) is 99.6 Å². The zero-order valence-electron chi connectivity index (χ0n) is 29.6. The van der Waals surface area contributed by atoms with Crippen molar-refractivity contribution in [3.63, 3.8) is 0 Å². The van der Waals surface area contributed by atoms with Gasteiger partial charge in [0, 0.05) is 38.8 Å². The summed E-state index contributed by atoms with van der Waals surface area (Å²) in [5.74, 6) is -0.0294. The SMILES string of the molecule is [C-]#[N+]c1ccc2c(c1)-c1ccccc1C2c1cc(C#N)cc(-c2ccc(-n3c4ccccc4c4c3ccc3c5ccccc5n(-c5ccccc5)c34)cc2)c1. The molecule has 0 saturated carbocycles. The number of para-hydroxylation sites is 3. The van der Waals surface area contributed by atoms with Crippen LogP contribution in [0.15, 0.2) is 176 Å². The molecule has 10 aromatic rings. The van der Waals surface area contributed by atoms with Gasteiger partial charge < -0.3 is 9.13 Å². The van der Waals surface area contributed by atoms with Crippen LogP contribution in [0.4, 0.5) is 5.69 Å². The summed E-state index contributed by atoms with van der Waals surface area (Å²) in [6.07, 6.45) is 0. The Labute approximate surface area is 317 Å². The Morgan fingerprint density at radius 1 is 0.509 bits per heavy atom. The third-order valence-corrected chi connectivity index (χ3v) is 11.4. The monoisotopic (exact) mass is 698 g/mol. The standard InChI is InChI=1S/C51H30N4/c1-53-36-21-24-42-45(30-36)39-13-5-6-15-41(39)49(42)35-28-32(31-52)27-34(29-35)33-19-22-38(23-20-33)54-47-18-10-8-16-44(47)50-48(54)26-25-43-40-14-7-9-17-46(40)55(51(43)50)37-11-3-2-4-12-37/h2-30,49H. The molecule has 4 heteroatoms. The molecule has 1 atom stereocenters. The Hall–Kier alpha value is -7.66. The van der Waals surface area contributed by atoms with Crippen LogP contribution in [0.3, 0.4) is 0 Å². The molecule has 8 aromatic carbocycles. The lowest BCUT2D eigenvalue weighted by molar-refractivity contribution is 1.01. The van der Waals surface area contributed by atoms with Crippen LogP contribution < -0.4 is 0 Å². The van der Waals surface area contributed by atoms with Gasteiger partial charge in [-0.3, -0.25) is 0 Å². The number of hydrogen-bond donors (Lipinski definition) is 0. The number of fused-ring (bicyclic) bond motifs is 10. The molecule has 4 nitrogen and oxygen atoms in total. The summed E-state index contributed by atoms with van der Waals surface area (Å²) in [7, 11) is 0. The minimum atomic E-state index is -0.0294. The number of nitriles is 1. The molecule has 1 aliphatic carbocycles. The van der Waals surface area contributed by atoms with E-state index < -0.39 is 0 Å². The predicted molar refractivity (Wildman–Crippen MR) is 224 cm³/mol. The summed E-state index contributed by atoms with van der Waals surface area (Å²) in [6, 6.07) is 64.4. The summed E-state index contributed by atoms with van der Waals surface area (Å²) < 4.78 is 4.79. The Bertz CT molecular complexity index is 3280. The highest BCUT2D eigenvalue weighted by Crippen LogP contribution is 2.50. The molecule has 0 aliphatic heterocycles. The Morgan fingerprint density at radius 2 is 1.20 bits per heavy atom. The van der Waals surface area contributed by atoms with Crippen molar-refractivity contribution in [3.8, 4) is 39.7 Å². The average molecular weight is 699 g/mol. The van der Waals surface area contributed by atoms with Gasteiger partial charge in [0.05, 0.1) is 40.3 Å². The molecule has 11 rings (SSSR count). The van der Waals surface area contributed by atoms with E-state index in [0.29, 0.717) is 11.3 Å². The Kier molecular flexibility index (Phi) is 6.71. The van der Waals surface area contributed by atoms with Crippen LogP contribution in [-0.4, -0.2) is 9.13 Å². The molecule has 254 valence electrons. The first-order valence-corrected chi connectivity index (χ1v) is 18.5. The fourth-order valence-corrected chi connectivity index (χ4v) is 9.10. The summed E-state index contributed by atoms with van der Waals surface area (Å²) in [5.41, 5.74) is 15.9. The lowest BCUT2D eigenvalue weighted by atomic mass is 9.86. The molecule has 1 unspecified atom stereocenters. The van der Waals surface area contributed by atoms with E-state index in [4.69, 9.17) is 6.57 Å². The maximum Gasteiger partial charge on any atom is 0.187 e. The van der Waals surface area contributed by atoms with Crippen molar-refractivity contribution < 1.29 is 0 Å². The molecule has 0 fully saturated rings. The molecule has 0 bridgehead atoms. The zero-order chi connectivity index (χ0) is 36.6. The van der Waals surface area contributed by atoms with Crippen LogP contribution in [0.1, 0.15) is 28.2 Å². The average Bonchev–Trinajstić information content (AvgIpc) is 3.89. The largest absolute Gasteiger partial charge is 0.309 e. The molecular formula is C51H30N4. The van der Waals surface area contributed by atoms with Crippen molar-refractivity contribution in [2.24, 2.45) is 0 Å². The minimum Gasteiger partial charge on any atom is -0.309 e. The molecule has 0 radical (unpaired) electrons. The predicted octanol–water partition coefficient (Wildman–Crippen LogP) is 13.1. The van der Waals surface area contributed by atoms with E-state index in [9.17, 15) is 5.26 Å². The maximum atomic E-state index is 10.2. The molecule has 1 aliphatic rings. The van der Waals surface area contributed by atoms with E-state index >= 15 is 0 Å². The number of rotatable bonds is 4. The zero-order valence-corrected chi connectivity index (χ0v) is 29.6. The maximum absolute atomic E-state index is 10.2. The highest BCUT2D eigenvalue weighted by atomic mass is 15.0. The first-order valence-electron chi connectivity index (χ1n) is 18.5. The summed E-state index contributed by atoms with van der Waals surface area (Å²) >= 11 is 0. The number of hydrogen-bond acceptors (Lipinski definition) is 1. The quantitative estimate of drug-likeness (QED) is 0.169. The first kappa shape index (κ1) is 30.9. The number of aromatic nitrogens is 2. The van der Waals surface area contributed by atoms with Gasteiger partial charge in [0.1, 0.15) is 0 Å². The fourth-order valence-electron chi connectivity index (χ4n) is 9.10. The molecule has 0 amide bonds. The molecule has 55 heavy (non-hydrogen) atoms. The van der Waals surface area contributed by atoms with Crippen LogP contribution in [0.5, 0.6) is 0 Å². The van der Waals surface area contributed by atoms with E-state index in [1.807, 2.05) is 24.3 Å². The lowest BCUT2D eigenvalue weighted by Gasteiger charge is -2.17. The van der Waals surface area contributed by atoms with Gasteiger partial charge in [0.15, 0.2) is 5.69 Å². The summed E-state index contributed by atoms with van der Waals surface area (Å²) in [6.45, 7) is 7.60. The van der Waals surface area contributed by atoms with E-state index in [1.165, 1.54) is 38.1 Å². The lowest BCUT2D eigenvalue weighted by Crippen LogP contribution is -2.00. The van der Waals surface area contributed by atoms with Crippen molar-refractivity contribution in [1.29, 1.82) is 5.26 Å². The van der Waals surface area contributed by atoms with Gasteiger partial charge >= 0.3 is 0 Å². The van der Waals surface area contributed by atoms with E-state index in [1.54, 1.807) is 0 Å². The topological polar surface area (TPSA) is 38.0 Å². The Morgan fingerprint density at radius 3 is 2.00 bits per heavy atom. The van der Waals surface area contributed by atoms with Gasteiger partial charge in [-0.1, -0.05) is 115 Å². The van der Waals surface area contributed by atoms with Crippen LogP contribution >= 0.6 is 0 Å². The van der Waals surface area contributed by atoms with Crippen LogP contribution in [0, 0.1) is 17.9 Å². The third-order valence-electron chi connectivity index (χ3n) is 11.4. The van der Waals surface area contributed by atoms with E-state index in [-0.39, 0.29) is 5.92 Å². The minimum absolute atomic E-state index is 0.0294. The molecule has 2 heterocycles. The van der Waals surface area contributed by atoms with Crippen LogP contribution in [-0.2, 0) is 0 Å². The highest BCUT2D eigenvalue weighted by Gasteiger charge is 2.30. The smallest absolute Gasteiger partial charge is 0.187 e. The van der Waals surface area contributed by atoms with Crippen molar-refractivity contribution in [2.45, 2.75) is 5.92 Å². The van der Waals surface area contributed by atoms with Crippen LogP contribution in [0.2, 0.25) is 0 Å². The Balaban J connectivity index is 1.07. The highest BCUT2D eigenvalue weighted by molar-refractivity contribution is 6.26. The number of benzene rings is 8. The van der Waals surface area contributed by atoms with Gasteiger partial charge in [0.2, 0.25) is 0 Å². The number of nitrogens with zero attached hydrogens (tertiary/aromatic N) is 4. The van der Waals surface area contributed by atoms with Gasteiger partial charge in [-0.2, -0.15) is 5.26 Å². The van der Waals surface area contributed by atoms with Gasteiger partial charge in [0.25, 0.3) is 0 Å². The molecular weight excluding hydrogens is 669 g/mol.